The van der Waals surface area contributed by atoms with Crippen molar-refractivity contribution in [3.05, 3.63) is 41.6 Å². The number of rotatable bonds is 3. The van der Waals surface area contributed by atoms with E-state index in [1.807, 2.05) is 6.07 Å². The van der Waals surface area contributed by atoms with Crippen LogP contribution >= 0.6 is 0 Å². The number of nitrogens with zero attached hydrogens (tertiary/aromatic N) is 3. The summed E-state index contributed by atoms with van der Waals surface area (Å²) in [6.45, 7) is 1.68. The van der Waals surface area contributed by atoms with Gasteiger partial charge >= 0.3 is 0 Å². The fraction of sp³-hybridized carbons (Fsp3) is 0.154. The lowest BCUT2D eigenvalue weighted by atomic mass is 10.3. The monoisotopic (exact) mass is 258 g/mol. The molecule has 0 aliphatic rings. The van der Waals surface area contributed by atoms with Crippen LogP contribution in [0.5, 0.6) is 5.75 Å². The molecule has 0 radical (unpaired) electrons. The van der Waals surface area contributed by atoms with E-state index in [1.165, 1.54) is 25.3 Å². The first-order valence-corrected chi connectivity index (χ1v) is 5.48. The number of hydrogen-bond donors (Lipinski definition) is 1. The van der Waals surface area contributed by atoms with Gasteiger partial charge in [-0.05, 0) is 19.1 Å². The molecule has 96 valence electrons. The average molecular weight is 258 g/mol. The summed E-state index contributed by atoms with van der Waals surface area (Å²) < 4.78 is 18.4. The lowest BCUT2D eigenvalue weighted by molar-refractivity contribution is 0.386. The van der Waals surface area contributed by atoms with Crippen molar-refractivity contribution in [2.75, 3.05) is 12.4 Å². The molecule has 0 aliphatic heterocycles. The Hall–Kier alpha value is -2.68. The van der Waals surface area contributed by atoms with Gasteiger partial charge in [0.25, 0.3) is 0 Å². The van der Waals surface area contributed by atoms with Crippen LogP contribution in [0.4, 0.5) is 15.9 Å². The van der Waals surface area contributed by atoms with Gasteiger partial charge in [-0.1, -0.05) is 0 Å². The fourth-order valence-corrected chi connectivity index (χ4v) is 1.58. The number of nitriles is 1. The van der Waals surface area contributed by atoms with Crippen molar-refractivity contribution in [3.8, 4) is 11.8 Å². The van der Waals surface area contributed by atoms with Gasteiger partial charge in [0.2, 0.25) is 0 Å². The van der Waals surface area contributed by atoms with Crippen LogP contribution in [-0.4, -0.2) is 17.1 Å². The predicted octanol–water partition coefficient (Wildman–Crippen LogP) is 2.55. The van der Waals surface area contributed by atoms with E-state index in [-0.39, 0.29) is 11.4 Å². The molecule has 1 N–H and O–H groups in total. The maximum Gasteiger partial charge on any atom is 0.167 e. The third-order valence-corrected chi connectivity index (χ3v) is 2.38. The number of ether oxygens (including phenoxy) is 1. The lowest BCUT2D eigenvalue weighted by Crippen LogP contribution is -1.99. The predicted molar refractivity (Wildman–Crippen MR) is 67.7 cm³/mol. The fourth-order valence-electron chi connectivity index (χ4n) is 1.58. The van der Waals surface area contributed by atoms with Crippen molar-refractivity contribution < 1.29 is 9.13 Å². The van der Waals surface area contributed by atoms with Crippen LogP contribution in [0.15, 0.2) is 24.3 Å². The normalized spacial score (nSPS) is 9.79. The zero-order chi connectivity index (χ0) is 13.8. The highest BCUT2D eigenvalue weighted by molar-refractivity contribution is 5.58. The quantitative estimate of drug-likeness (QED) is 0.916. The Kier molecular flexibility index (Phi) is 3.57. The number of benzene rings is 1. The largest absolute Gasteiger partial charge is 0.494 e. The summed E-state index contributed by atoms with van der Waals surface area (Å²) in [4.78, 5) is 8.05. The standard InChI is InChI=1S/C13H11FN4O/c1-8-16-10(7-15)6-13(17-8)18-9-3-4-12(19-2)11(14)5-9/h3-6H,1-2H3,(H,16,17,18). The second kappa shape index (κ2) is 5.31. The van der Waals surface area contributed by atoms with Crippen molar-refractivity contribution in [2.24, 2.45) is 0 Å². The minimum atomic E-state index is -0.473. The van der Waals surface area contributed by atoms with Gasteiger partial charge in [-0.3, -0.25) is 0 Å². The maximum absolute atomic E-state index is 13.5. The molecule has 0 aliphatic carbocycles. The van der Waals surface area contributed by atoms with Crippen molar-refractivity contribution in [3.63, 3.8) is 0 Å². The van der Waals surface area contributed by atoms with E-state index in [0.717, 1.165) is 0 Å². The summed E-state index contributed by atoms with van der Waals surface area (Å²) in [7, 11) is 1.40. The number of hydrogen-bond acceptors (Lipinski definition) is 5. The number of aromatic nitrogens is 2. The number of methoxy groups -OCH3 is 1. The molecule has 2 aromatic rings. The van der Waals surface area contributed by atoms with E-state index in [0.29, 0.717) is 17.3 Å². The van der Waals surface area contributed by atoms with E-state index < -0.39 is 5.82 Å². The first-order valence-electron chi connectivity index (χ1n) is 5.48. The molecule has 0 fully saturated rings. The van der Waals surface area contributed by atoms with Gasteiger partial charge in [0.05, 0.1) is 7.11 Å². The molecule has 0 bridgehead atoms. The van der Waals surface area contributed by atoms with E-state index in [4.69, 9.17) is 10.00 Å². The molecule has 19 heavy (non-hydrogen) atoms. The second-order valence-electron chi connectivity index (χ2n) is 3.77. The summed E-state index contributed by atoms with van der Waals surface area (Å²) in [6.07, 6.45) is 0. The zero-order valence-electron chi connectivity index (χ0n) is 10.4. The Morgan fingerprint density at radius 1 is 1.32 bits per heavy atom. The van der Waals surface area contributed by atoms with Gasteiger partial charge in [-0.25, -0.2) is 14.4 Å². The van der Waals surface area contributed by atoms with Crippen molar-refractivity contribution >= 4 is 11.5 Å². The summed E-state index contributed by atoms with van der Waals surface area (Å²) in [5.41, 5.74) is 0.768. The van der Waals surface area contributed by atoms with Crippen LogP contribution in [0.1, 0.15) is 11.5 Å². The molecule has 1 heterocycles. The third kappa shape index (κ3) is 2.96. The van der Waals surface area contributed by atoms with Gasteiger partial charge in [0, 0.05) is 17.8 Å². The summed E-state index contributed by atoms with van der Waals surface area (Å²) in [6, 6.07) is 7.90. The molecule has 6 heteroatoms. The SMILES string of the molecule is COc1ccc(Nc2cc(C#N)nc(C)n2)cc1F. The molecular weight excluding hydrogens is 247 g/mol. The van der Waals surface area contributed by atoms with Crippen LogP contribution in [0, 0.1) is 24.1 Å². The Morgan fingerprint density at radius 3 is 2.74 bits per heavy atom. The molecule has 5 nitrogen and oxygen atoms in total. The van der Waals surface area contributed by atoms with Crippen LogP contribution in [0.2, 0.25) is 0 Å². The number of anilines is 2. The average Bonchev–Trinajstić information content (AvgIpc) is 2.38. The molecule has 0 spiro atoms. The van der Waals surface area contributed by atoms with Gasteiger partial charge in [0.1, 0.15) is 23.4 Å². The number of nitrogens with one attached hydrogen (secondary N) is 1. The van der Waals surface area contributed by atoms with E-state index in [1.54, 1.807) is 13.0 Å². The smallest absolute Gasteiger partial charge is 0.167 e. The second-order valence-corrected chi connectivity index (χ2v) is 3.77. The van der Waals surface area contributed by atoms with E-state index in [2.05, 4.69) is 15.3 Å². The number of halogens is 1. The minimum absolute atomic E-state index is 0.169. The van der Waals surface area contributed by atoms with Crippen LogP contribution < -0.4 is 10.1 Å². The van der Waals surface area contributed by atoms with Crippen LogP contribution in [-0.2, 0) is 0 Å². The van der Waals surface area contributed by atoms with E-state index >= 15 is 0 Å². The highest BCUT2D eigenvalue weighted by atomic mass is 19.1. The van der Waals surface area contributed by atoms with Crippen molar-refractivity contribution in [2.45, 2.75) is 6.92 Å². The summed E-state index contributed by atoms with van der Waals surface area (Å²) in [5.74, 6) is 0.602. The van der Waals surface area contributed by atoms with Gasteiger partial charge < -0.3 is 10.1 Å². The van der Waals surface area contributed by atoms with Gasteiger partial charge in [0.15, 0.2) is 11.6 Å². The van der Waals surface area contributed by atoms with Gasteiger partial charge in [-0.2, -0.15) is 5.26 Å². The Balaban J connectivity index is 2.29. The number of aryl methyl sites for hydroxylation is 1. The lowest BCUT2D eigenvalue weighted by Gasteiger charge is -2.08. The molecule has 1 aromatic heterocycles. The van der Waals surface area contributed by atoms with Crippen molar-refractivity contribution in [1.82, 2.24) is 9.97 Å². The Labute approximate surface area is 109 Å². The highest BCUT2D eigenvalue weighted by Gasteiger charge is 2.05. The molecule has 0 saturated carbocycles. The molecule has 0 saturated heterocycles. The Bertz CT molecular complexity index is 652. The molecule has 0 atom stereocenters. The van der Waals surface area contributed by atoms with Crippen LogP contribution in [0.3, 0.4) is 0 Å². The maximum atomic E-state index is 13.5. The molecule has 0 amide bonds. The zero-order valence-corrected chi connectivity index (χ0v) is 10.4. The third-order valence-electron chi connectivity index (χ3n) is 2.38. The van der Waals surface area contributed by atoms with E-state index in [9.17, 15) is 4.39 Å². The molecule has 1 aromatic carbocycles. The minimum Gasteiger partial charge on any atom is -0.494 e. The topological polar surface area (TPSA) is 70.8 Å². The molecule has 2 rings (SSSR count). The van der Waals surface area contributed by atoms with Crippen molar-refractivity contribution in [1.29, 1.82) is 5.26 Å². The first kappa shape index (κ1) is 12.8. The Morgan fingerprint density at radius 2 is 2.11 bits per heavy atom. The molecule has 0 unspecified atom stereocenters. The molecular formula is C13H11FN4O. The van der Waals surface area contributed by atoms with Crippen LogP contribution in [0.25, 0.3) is 0 Å². The van der Waals surface area contributed by atoms with Gasteiger partial charge in [-0.15, -0.1) is 0 Å². The highest BCUT2D eigenvalue weighted by Crippen LogP contribution is 2.22. The summed E-state index contributed by atoms with van der Waals surface area (Å²) in [5, 5.41) is 11.7. The first-order chi connectivity index (χ1) is 9.12. The summed E-state index contributed by atoms with van der Waals surface area (Å²) >= 11 is 0.